The molecule has 0 saturated heterocycles. The molecule has 0 radical (unpaired) electrons. The molecule has 2 atom stereocenters. The van der Waals surface area contributed by atoms with Crippen molar-refractivity contribution in [2.45, 2.75) is 31.4 Å². The van der Waals surface area contributed by atoms with Gasteiger partial charge in [0.1, 0.15) is 11.9 Å². The minimum atomic E-state index is -0.560. The van der Waals surface area contributed by atoms with Crippen LogP contribution in [0.15, 0.2) is 24.3 Å². The molecule has 4 nitrogen and oxygen atoms in total. The molecule has 0 heterocycles. The third kappa shape index (κ3) is 3.42. The summed E-state index contributed by atoms with van der Waals surface area (Å²) in [6.45, 7) is 0. The predicted molar refractivity (Wildman–Crippen MR) is 62.1 cm³/mol. The van der Waals surface area contributed by atoms with Gasteiger partial charge in [-0.1, -0.05) is 6.07 Å². The van der Waals surface area contributed by atoms with E-state index in [0.29, 0.717) is 12.1 Å². The first-order chi connectivity index (χ1) is 8.13. The van der Waals surface area contributed by atoms with Gasteiger partial charge in [0.25, 0.3) is 0 Å². The number of nitrogens with one attached hydrogen (secondary N) is 1. The van der Waals surface area contributed by atoms with E-state index < -0.39 is 11.9 Å². The second kappa shape index (κ2) is 5.14. The highest BCUT2D eigenvalue weighted by Crippen LogP contribution is 2.21. The zero-order valence-corrected chi connectivity index (χ0v) is 9.36. The van der Waals surface area contributed by atoms with E-state index in [9.17, 15) is 9.18 Å². The van der Waals surface area contributed by atoms with E-state index in [1.807, 2.05) is 0 Å². The summed E-state index contributed by atoms with van der Waals surface area (Å²) in [4.78, 5) is 11.5. The summed E-state index contributed by atoms with van der Waals surface area (Å²) >= 11 is 0. The van der Waals surface area contributed by atoms with Gasteiger partial charge in [0.05, 0.1) is 0 Å². The van der Waals surface area contributed by atoms with Crippen molar-refractivity contribution >= 4 is 11.8 Å². The van der Waals surface area contributed by atoms with Crippen molar-refractivity contribution in [3.8, 4) is 0 Å². The molecule has 17 heavy (non-hydrogen) atoms. The standard InChI is InChI=1S/C12H15FN2O2/c13-8-2-1-3-10(6-8)15-12(16)17-11-5-4-9(14)7-11/h1-3,6,9,11H,4-5,7,14H2,(H,15,16). The number of hydrogen-bond donors (Lipinski definition) is 2. The number of nitrogens with two attached hydrogens (primary N) is 1. The first-order valence-corrected chi connectivity index (χ1v) is 5.62. The monoisotopic (exact) mass is 238 g/mol. The van der Waals surface area contributed by atoms with E-state index in [1.54, 1.807) is 6.07 Å². The van der Waals surface area contributed by atoms with Crippen molar-refractivity contribution in [3.05, 3.63) is 30.1 Å². The van der Waals surface area contributed by atoms with Gasteiger partial charge >= 0.3 is 6.09 Å². The summed E-state index contributed by atoms with van der Waals surface area (Å²) in [6, 6.07) is 5.79. The molecule has 1 aliphatic rings. The van der Waals surface area contributed by atoms with Crippen LogP contribution in [0.3, 0.4) is 0 Å². The van der Waals surface area contributed by atoms with Crippen molar-refractivity contribution in [1.29, 1.82) is 0 Å². The van der Waals surface area contributed by atoms with Crippen LogP contribution in [-0.2, 0) is 4.74 Å². The molecule has 1 amide bonds. The average Bonchev–Trinajstić information content (AvgIpc) is 2.63. The summed E-state index contributed by atoms with van der Waals surface area (Å²) in [5.74, 6) is -0.398. The van der Waals surface area contributed by atoms with Crippen molar-refractivity contribution in [3.63, 3.8) is 0 Å². The molecule has 1 aromatic carbocycles. The highest BCUT2D eigenvalue weighted by molar-refractivity contribution is 5.84. The van der Waals surface area contributed by atoms with E-state index >= 15 is 0 Å². The van der Waals surface area contributed by atoms with Gasteiger partial charge in [-0.2, -0.15) is 0 Å². The van der Waals surface area contributed by atoms with Crippen molar-refractivity contribution in [2.75, 3.05) is 5.32 Å². The second-order valence-electron chi connectivity index (χ2n) is 4.24. The molecule has 92 valence electrons. The van der Waals surface area contributed by atoms with Gasteiger partial charge in [0, 0.05) is 11.7 Å². The van der Waals surface area contributed by atoms with E-state index in [0.717, 1.165) is 12.8 Å². The highest BCUT2D eigenvalue weighted by atomic mass is 19.1. The van der Waals surface area contributed by atoms with Crippen LogP contribution in [0.5, 0.6) is 0 Å². The van der Waals surface area contributed by atoms with Gasteiger partial charge in [-0.05, 0) is 37.5 Å². The van der Waals surface area contributed by atoms with E-state index in [2.05, 4.69) is 5.32 Å². The SMILES string of the molecule is NC1CCC(OC(=O)Nc2cccc(F)c2)C1. The maximum absolute atomic E-state index is 12.9. The molecule has 1 saturated carbocycles. The van der Waals surface area contributed by atoms with Crippen LogP contribution in [0.1, 0.15) is 19.3 Å². The molecule has 0 bridgehead atoms. The van der Waals surface area contributed by atoms with Crippen molar-refractivity contribution < 1.29 is 13.9 Å². The summed E-state index contributed by atoms with van der Waals surface area (Å²) in [5.41, 5.74) is 6.10. The molecule has 1 aliphatic carbocycles. The van der Waals surface area contributed by atoms with Crippen LogP contribution in [0, 0.1) is 5.82 Å². The van der Waals surface area contributed by atoms with E-state index in [1.165, 1.54) is 18.2 Å². The molecule has 1 aromatic rings. The minimum absolute atomic E-state index is 0.113. The Morgan fingerprint density at radius 2 is 2.29 bits per heavy atom. The lowest BCUT2D eigenvalue weighted by atomic mass is 10.3. The topological polar surface area (TPSA) is 64.3 Å². The zero-order valence-electron chi connectivity index (χ0n) is 9.36. The Hall–Kier alpha value is -1.62. The predicted octanol–water partition coefficient (Wildman–Crippen LogP) is 2.25. The number of anilines is 1. The molecular weight excluding hydrogens is 223 g/mol. The Morgan fingerprint density at radius 1 is 1.47 bits per heavy atom. The Morgan fingerprint density at radius 3 is 2.94 bits per heavy atom. The van der Waals surface area contributed by atoms with Gasteiger partial charge in [-0.25, -0.2) is 9.18 Å². The number of carbonyl (C=O) groups is 1. The normalized spacial score (nSPS) is 23.4. The Labute approximate surface area is 98.9 Å². The third-order valence-electron chi connectivity index (χ3n) is 2.77. The molecule has 3 N–H and O–H groups in total. The number of rotatable bonds is 2. The second-order valence-corrected chi connectivity index (χ2v) is 4.24. The van der Waals surface area contributed by atoms with Gasteiger partial charge in [0.15, 0.2) is 0 Å². The lowest BCUT2D eigenvalue weighted by Gasteiger charge is -2.12. The summed E-state index contributed by atoms with van der Waals surface area (Å²) < 4.78 is 18.0. The van der Waals surface area contributed by atoms with E-state index in [-0.39, 0.29) is 12.1 Å². The summed E-state index contributed by atoms with van der Waals surface area (Å²) in [5, 5.41) is 2.48. The van der Waals surface area contributed by atoms with Crippen LogP contribution in [0.4, 0.5) is 14.9 Å². The maximum Gasteiger partial charge on any atom is 0.411 e. The van der Waals surface area contributed by atoms with E-state index in [4.69, 9.17) is 10.5 Å². The first kappa shape index (κ1) is 11.9. The molecule has 2 unspecified atom stereocenters. The minimum Gasteiger partial charge on any atom is -0.446 e. The Balaban J connectivity index is 1.85. The van der Waals surface area contributed by atoms with Gasteiger partial charge in [-0.3, -0.25) is 5.32 Å². The quantitative estimate of drug-likeness (QED) is 0.830. The van der Waals surface area contributed by atoms with Crippen molar-refractivity contribution in [2.24, 2.45) is 5.73 Å². The van der Waals surface area contributed by atoms with Crippen LogP contribution in [0.25, 0.3) is 0 Å². The van der Waals surface area contributed by atoms with Gasteiger partial charge in [0.2, 0.25) is 0 Å². The van der Waals surface area contributed by atoms with Crippen LogP contribution in [-0.4, -0.2) is 18.2 Å². The van der Waals surface area contributed by atoms with Gasteiger partial charge < -0.3 is 10.5 Å². The molecule has 1 fully saturated rings. The number of ether oxygens (including phenoxy) is 1. The lowest BCUT2D eigenvalue weighted by Crippen LogP contribution is -2.22. The zero-order chi connectivity index (χ0) is 12.3. The summed E-state index contributed by atoms with van der Waals surface area (Å²) in [6.07, 6.45) is 1.67. The Bertz CT molecular complexity index is 411. The molecule has 0 spiro atoms. The molecule has 2 rings (SSSR count). The van der Waals surface area contributed by atoms with Crippen LogP contribution >= 0.6 is 0 Å². The van der Waals surface area contributed by atoms with Crippen molar-refractivity contribution in [1.82, 2.24) is 0 Å². The third-order valence-corrected chi connectivity index (χ3v) is 2.77. The molecular formula is C12H15FN2O2. The van der Waals surface area contributed by atoms with Crippen LogP contribution < -0.4 is 11.1 Å². The molecule has 0 aromatic heterocycles. The summed E-state index contributed by atoms with van der Waals surface area (Å²) in [7, 11) is 0. The number of benzene rings is 1. The smallest absolute Gasteiger partial charge is 0.411 e. The average molecular weight is 238 g/mol. The highest BCUT2D eigenvalue weighted by Gasteiger charge is 2.24. The number of carbonyl (C=O) groups excluding carboxylic acids is 1. The number of amides is 1. The Kier molecular flexibility index (Phi) is 3.58. The fourth-order valence-corrected chi connectivity index (χ4v) is 1.95. The number of hydrogen-bond acceptors (Lipinski definition) is 3. The lowest BCUT2D eigenvalue weighted by molar-refractivity contribution is 0.114. The first-order valence-electron chi connectivity index (χ1n) is 5.62. The maximum atomic E-state index is 12.9. The van der Waals surface area contributed by atoms with Crippen LogP contribution in [0.2, 0.25) is 0 Å². The number of halogens is 1. The fourth-order valence-electron chi connectivity index (χ4n) is 1.95. The fraction of sp³-hybridized carbons (Fsp3) is 0.417. The molecule has 0 aliphatic heterocycles. The largest absolute Gasteiger partial charge is 0.446 e. The molecule has 5 heteroatoms. The van der Waals surface area contributed by atoms with Gasteiger partial charge in [-0.15, -0.1) is 0 Å².